The minimum absolute atomic E-state index is 0.0357. The third kappa shape index (κ3) is 2.67. The van der Waals surface area contributed by atoms with Gasteiger partial charge in [0.1, 0.15) is 24.2 Å². The average Bonchev–Trinajstić information content (AvgIpc) is 3.23. The molecule has 3 heterocycles. The molecule has 120 valence electrons. The molecule has 0 unspecified atom stereocenters. The molecule has 0 aliphatic carbocycles. The van der Waals surface area contributed by atoms with Crippen molar-refractivity contribution >= 4 is 5.91 Å². The Bertz CT molecular complexity index is 719. The molecule has 0 radical (unpaired) electrons. The molecule has 1 aromatic heterocycles. The molecule has 7 heteroatoms. The van der Waals surface area contributed by atoms with Gasteiger partial charge < -0.3 is 9.64 Å². The summed E-state index contributed by atoms with van der Waals surface area (Å²) in [6, 6.07) is 4.54. The summed E-state index contributed by atoms with van der Waals surface area (Å²) in [5, 5.41) is 4.17. The van der Waals surface area contributed by atoms with Gasteiger partial charge in [-0.3, -0.25) is 4.79 Å². The molecule has 1 saturated heterocycles. The lowest BCUT2D eigenvalue weighted by Gasteiger charge is -2.33. The number of hydrogen-bond acceptors (Lipinski definition) is 4. The second kappa shape index (κ2) is 5.64. The highest BCUT2D eigenvalue weighted by atomic mass is 19.1. The second-order valence-electron chi connectivity index (χ2n) is 6.02. The van der Waals surface area contributed by atoms with E-state index < -0.39 is 6.10 Å². The predicted molar refractivity (Wildman–Crippen MR) is 79.4 cm³/mol. The van der Waals surface area contributed by atoms with Gasteiger partial charge in [0.15, 0.2) is 6.10 Å². The van der Waals surface area contributed by atoms with Gasteiger partial charge in [0.05, 0.1) is 6.04 Å². The summed E-state index contributed by atoms with van der Waals surface area (Å²) in [4.78, 5) is 18.5. The maximum Gasteiger partial charge on any atom is 0.264 e. The summed E-state index contributed by atoms with van der Waals surface area (Å²) < 4.78 is 20.8. The van der Waals surface area contributed by atoms with Gasteiger partial charge in [-0.1, -0.05) is 0 Å². The van der Waals surface area contributed by atoms with Crippen LogP contribution in [0.4, 0.5) is 4.39 Å². The number of fused-ring (bicyclic) bond motifs is 1. The molecular formula is C16H17FN4O2. The Labute approximate surface area is 132 Å². The molecule has 4 rings (SSSR count). The van der Waals surface area contributed by atoms with Gasteiger partial charge in [-0.15, -0.1) is 0 Å². The third-order valence-corrected chi connectivity index (χ3v) is 4.49. The molecule has 2 aromatic rings. The van der Waals surface area contributed by atoms with E-state index in [0.29, 0.717) is 25.3 Å². The first-order valence-corrected chi connectivity index (χ1v) is 7.78. The van der Waals surface area contributed by atoms with Crippen LogP contribution in [-0.2, 0) is 11.2 Å². The number of likely N-dealkylation sites (tertiary alicyclic amines) is 1. The first kappa shape index (κ1) is 14.2. The monoisotopic (exact) mass is 316 g/mol. The third-order valence-electron chi connectivity index (χ3n) is 4.49. The molecule has 2 aliphatic rings. The van der Waals surface area contributed by atoms with Crippen LogP contribution in [-0.4, -0.2) is 44.8 Å². The summed E-state index contributed by atoms with van der Waals surface area (Å²) in [6.45, 7) is 1.32. The van der Waals surface area contributed by atoms with Crippen molar-refractivity contribution in [3.63, 3.8) is 0 Å². The Balaban J connectivity index is 1.45. The number of rotatable bonds is 2. The SMILES string of the molecule is O=C([C@@H]1Cc2cc(F)ccc2O1)N1CCC[C@H](n2cncn2)C1. The normalized spacial score (nSPS) is 23.4. The van der Waals surface area contributed by atoms with Crippen molar-refractivity contribution in [2.24, 2.45) is 0 Å². The van der Waals surface area contributed by atoms with E-state index in [0.717, 1.165) is 18.4 Å². The number of hydrogen-bond donors (Lipinski definition) is 0. The smallest absolute Gasteiger partial charge is 0.264 e. The summed E-state index contributed by atoms with van der Waals surface area (Å²) in [5.74, 6) is 0.269. The van der Waals surface area contributed by atoms with Crippen molar-refractivity contribution in [1.82, 2.24) is 19.7 Å². The fourth-order valence-electron chi connectivity index (χ4n) is 3.34. The van der Waals surface area contributed by atoms with Crippen molar-refractivity contribution in [3.05, 3.63) is 42.2 Å². The number of carbonyl (C=O) groups excluding carboxylic acids is 1. The Kier molecular flexibility index (Phi) is 3.48. The maximum atomic E-state index is 13.3. The summed E-state index contributed by atoms with van der Waals surface area (Å²) in [6.07, 6.45) is 4.96. The molecule has 0 bridgehead atoms. The highest BCUT2D eigenvalue weighted by Crippen LogP contribution is 2.31. The first-order chi connectivity index (χ1) is 11.2. The summed E-state index contributed by atoms with van der Waals surface area (Å²) >= 11 is 0. The van der Waals surface area contributed by atoms with Gasteiger partial charge >= 0.3 is 0 Å². The minimum atomic E-state index is -0.554. The van der Waals surface area contributed by atoms with Crippen LogP contribution >= 0.6 is 0 Å². The predicted octanol–water partition coefficient (Wildman–Crippen LogP) is 1.58. The highest BCUT2D eigenvalue weighted by molar-refractivity contribution is 5.82. The molecule has 6 nitrogen and oxygen atoms in total. The van der Waals surface area contributed by atoms with Crippen LogP contribution in [0.25, 0.3) is 0 Å². The molecule has 1 fully saturated rings. The zero-order valence-electron chi connectivity index (χ0n) is 12.6. The quantitative estimate of drug-likeness (QED) is 0.844. The number of piperidine rings is 1. The second-order valence-corrected chi connectivity index (χ2v) is 6.02. The van der Waals surface area contributed by atoms with Crippen molar-refractivity contribution < 1.29 is 13.9 Å². The number of halogens is 1. The lowest BCUT2D eigenvalue weighted by Crippen LogP contribution is -2.46. The van der Waals surface area contributed by atoms with Gasteiger partial charge in [-0.2, -0.15) is 5.10 Å². The molecule has 2 atom stereocenters. The largest absolute Gasteiger partial charge is 0.480 e. The zero-order valence-corrected chi connectivity index (χ0v) is 12.6. The van der Waals surface area contributed by atoms with E-state index >= 15 is 0 Å². The molecule has 0 saturated carbocycles. The van der Waals surface area contributed by atoms with Crippen molar-refractivity contribution in [1.29, 1.82) is 0 Å². The van der Waals surface area contributed by atoms with Gasteiger partial charge in [0.2, 0.25) is 0 Å². The maximum absolute atomic E-state index is 13.3. The van der Waals surface area contributed by atoms with Gasteiger partial charge in [0, 0.05) is 25.1 Å². The number of aromatic nitrogens is 3. The van der Waals surface area contributed by atoms with E-state index in [-0.39, 0.29) is 17.8 Å². The van der Waals surface area contributed by atoms with Crippen LogP contribution in [0.5, 0.6) is 5.75 Å². The van der Waals surface area contributed by atoms with Crippen LogP contribution in [0.15, 0.2) is 30.9 Å². The Morgan fingerprint density at radius 2 is 2.30 bits per heavy atom. The summed E-state index contributed by atoms with van der Waals surface area (Å²) in [7, 11) is 0. The number of carbonyl (C=O) groups is 1. The zero-order chi connectivity index (χ0) is 15.8. The average molecular weight is 316 g/mol. The van der Waals surface area contributed by atoms with E-state index in [4.69, 9.17) is 4.74 Å². The lowest BCUT2D eigenvalue weighted by atomic mass is 10.0. The number of nitrogens with zero attached hydrogens (tertiary/aromatic N) is 4. The van der Waals surface area contributed by atoms with E-state index in [1.165, 1.54) is 18.5 Å². The van der Waals surface area contributed by atoms with Crippen molar-refractivity contribution in [2.45, 2.75) is 31.4 Å². The van der Waals surface area contributed by atoms with Crippen LogP contribution in [0.3, 0.4) is 0 Å². The van der Waals surface area contributed by atoms with Crippen LogP contribution in [0, 0.1) is 5.82 Å². The standard InChI is InChI=1S/C16H17FN4O2/c17-12-3-4-14-11(6-12)7-15(23-14)16(22)20-5-1-2-13(8-20)21-10-18-9-19-21/h3-4,6,9-10,13,15H,1-2,5,7-8H2/t13-,15-/m0/s1. The molecule has 0 N–H and O–H groups in total. The molecule has 23 heavy (non-hydrogen) atoms. The van der Waals surface area contributed by atoms with Crippen molar-refractivity contribution in [3.8, 4) is 5.75 Å². The molecule has 0 spiro atoms. The Morgan fingerprint density at radius 3 is 3.13 bits per heavy atom. The summed E-state index contributed by atoms with van der Waals surface area (Å²) in [5.41, 5.74) is 0.758. The fourth-order valence-corrected chi connectivity index (χ4v) is 3.34. The highest BCUT2D eigenvalue weighted by Gasteiger charge is 2.35. The van der Waals surface area contributed by atoms with E-state index in [9.17, 15) is 9.18 Å². The van der Waals surface area contributed by atoms with Crippen LogP contribution in [0.2, 0.25) is 0 Å². The van der Waals surface area contributed by atoms with Crippen molar-refractivity contribution in [2.75, 3.05) is 13.1 Å². The minimum Gasteiger partial charge on any atom is -0.480 e. The molecule has 1 amide bonds. The van der Waals surface area contributed by atoms with Gasteiger partial charge in [0.25, 0.3) is 5.91 Å². The number of benzene rings is 1. The fraction of sp³-hybridized carbons (Fsp3) is 0.438. The lowest BCUT2D eigenvalue weighted by molar-refractivity contribution is -0.139. The van der Waals surface area contributed by atoms with Gasteiger partial charge in [-0.05, 0) is 31.0 Å². The van der Waals surface area contributed by atoms with Gasteiger partial charge in [-0.25, -0.2) is 14.1 Å². The van der Waals surface area contributed by atoms with Crippen LogP contribution in [0.1, 0.15) is 24.4 Å². The molecular weight excluding hydrogens is 299 g/mol. The van der Waals surface area contributed by atoms with E-state index in [1.54, 1.807) is 17.1 Å². The Morgan fingerprint density at radius 1 is 1.39 bits per heavy atom. The van der Waals surface area contributed by atoms with E-state index in [1.807, 2.05) is 4.90 Å². The number of amides is 1. The van der Waals surface area contributed by atoms with Crippen LogP contribution < -0.4 is 4.74 Å². The Hall–Kier alpha value is -2.44. The molecule has 2 aliphatic heterocycles. The number of ether oxygens (including phenoxy) is 1. The van der Waals surface area contributed by atoms with E-state index in [2.05, 4.69) is 10.1 Å². The first-order valence-electron chi connectivity index (χ1n) is 7.78. The topological polar surface area (TPSA) is 60.2 Å². The molecule has 1 aromatic carbocycles.